The van der Waals surface area contributed by atoms with E-state index in [1.807, 2.05) is 24.5 Å². The highest BCUT2D eigenvalue weighted by Crippen LogP contribution is 2.28. The molecule has 1 fully saturated rings. The number of ether oxygens (including phenoxy) is 2. The third kappa shape index (κ3) is 4.55. The van der Waals surface area contributed by atoms with E-state index in [-0.39, 0.29) is 12.1 Å². The summed E-state index contributed by atoms with van der Waals surface area (Å²) in [7, 11) is 3.46. The minimum atomic E-state index is -0.0802. The van der Waals surface area contributed by atoms with Crippen LogP contribution < -0.4 is 10.1 Å². The molecule has 0 aliphatic carbocycles. The molecule has 1 aliphatic rings. The molecule has 1 atom stereocenters. The average Bonchev–Trinajstić information content (AvgIpc) is 3.05. The Hall–Kier alpha value is -1.40. The van der Waals surface area contributed by atoms with E-state index in [1.165, 1.54) is 0 Å². The van der Waals surface area contributed by atoms with Gasteiger partial charge in [0.25, 0.3) is 0 Å². The molecular weight excluding hydrogens is 300 g/mol. The van der Waals surface area contributed by atoms with Gasteiger partial charge in [-0.15, -0.1) is 11.8 Å². The Kier molecular flexibility index (Phi) is 6.39. The Morgan fingerprint density at radius 1 is 1.55 bits per heavy atom. The molecule has 1 N–H and O–H groups in total. The van der Waals surface area contributed by atoms with Gasteiger partial charge in [0.2, 0.25) is 0 Å². The summed E-state index contributed by atoms with van der Waals surface area (Å²) in [4.78, 5) is 14.9. The smallest absolute Gasteiger partial charge is 0.317 e. The molecule has 1 aliphatic heterocycles. The van der Waals surface area contributed by atoms with Crippen LogP contribution >= 0.6 is 11.8 Å². The lowest BCUT2D eigenvalue weighted by Gasteiger charge is -2.20. The first-order valence-electron chi connectivity index (χ1n) is 7.45. The summed E-state index contributed by atoms with van der Waals surface area (Å²) in [5.74, 6) is 0.846. The van der Waals surface area contributed by atoms with Crippen molar-refractivity contribution in [3.8, 4) is 5.75 Å². The van der Waals surface area contributed by atoms with Crippen LogP contribution in [0.5, 0.6) is 5.75 Å². The number of nitrogens with one attached hydrogen (secondary N) is 1. The van der Waals surface area contributed by atoms with Crippen molar-refractivity contribution in [1.29, 1.82) is 0 Å². The molecule has 0 unspecified atom stereocenters. The number of hydrogen-bond donors (Lipinski definition) is 1. The minimum Gasteiger partial charge on any atom is -0.496 e. The first-order chi connectivity index (χ1) is 10.6. The van der Waals surface area contributed by atoms with Gasteiger partial charge in [-0.05, 0) is 36.8 Å². The number of rotatable bonds is 6. The van der Waals surface area contributed by atoms with Crippen molar-refractivity contribution >= 4 is 17.8 Å². The van der Waals surface area contributed by atoms with Crippen LogP contribution in [0.1, 0.15) is 18.4 Å². The van der Waals surface area contributed by atoms with Crippen LogP contribution in [0.4, 0.5) is 4.79 Å². The number of amides is 2. The van der Waals surface area contributed by atoms with Crippen molar-refractivity contribution in [3.05, 3.63) is 23.8 Å². The topological polar surface area (TPSA) is 50.8 Å². The summed E-state index contributed by atoms with van der Waals surface area (Å²) in [5, 5.41) is 2.92. The maximum Gasteiger partial charge on any atom is 0.317 e. The van der Waals surface area contributed by atoms with Crippen LogP contribution in [0.15, 0.2) is 23.1 Å². The Morgan fingerprint density at radius 2 is 2.36 bits per heavy atom. The summed E-state index contributed by atoms with van der Waals surface area (Å²) >= 11 is 1.64. The number of urea groups is 1. The zero-order chi connectivity index (χ0) is 15.9. The molecule has 1 aromatic rings. The number of carbonyl (C=O) groups excluding carboxylic acids is 1. The summed E-state index contributed by atoms with van der Waals surface area (Å²) in [6.45, 7) is 1.93. The lowest BCUT2D eigenvalue weighted by molar-refractivity contribution is 0.109. The van der Waals surface area contributed by atoms with E-state index >= 15 is 0 Å². The number of hydrogen-bond acceptors (Lipinski definition) is 4. The molecule has 1 heterocycles. The van der Waals surface area contributed by atoms with E-state index in [9.17, 15) is 4.79 Å². The first-order valence-corrected chi connectivity index (χ1v) is 8.68. The van der Waals surface area contributed by atoms with Crippen molar-refractivity contribution in [2.24, 2.45) is 0 Å². The lowest BCUT2D eigenvalue weighted by atomic mass is 10.2. The predicted molar refractivity (Wildman–Crippen MR) is 88.6 cm³/mol. The maximum absolute atomic E-state index is 12.1. The normalized spacial score (nSPS) is 17.3. The van der Waals surface area contributed by atoms with Gasteiger partial charge in [0.05, 0.1) is 13.2 Å². The fourth-order valence-electron chi connectivity index (χ4n) is 2.47. The number of carbonyl (C=O) groups is 1. The Balaban J connectivity index is 1.87. The summed E-state index contributed by atoms with van der Waals surface area (Å²) < 4.78 is 10.9. The Labute approximate surface area is 136 Å². The van der Waals surface area contributed by atoms with Crippen molar-refractivity contribution in [2.75, 3.05) is 33.6 Å². The SMILES string of the molecule is COc1cc(CN(C)C(=O)NC[C@@H]2CCCO2)ccc1SC. The second-order valence-corrected chi connectivity index (χ2v) is 6.21. The fraction of sp³-hybridized carbons (Fsp3) is 0.562. The lowest BCUT2D eigenvalue weighted by Crippen LogP contribution is -2.40. The molecule has 0 bridgehead atoms. The molecule has 0 aromatic heterocycles. The minimum absolute atomic E-state index is 0.0802. The van der Waals surface area contributed by atoms with Gasteiger partial charge in [-0.25, -0.2) is 4.79 Å². The van der Waals surface area contributed by atoms with Gasteiger partial charge in [0.15, 0.2) is 0 Å². The second kappa shape index (κ2) is 8.29. The highest BCUT2D eigenvalue weighted by Gasteiger charge is 2.17. The Bertz CT molecular complexity index is 504. The van der Waals surface area contributed by atoms with Crippen molar-refractivity contribution in [2.45, 2.75) is 30.4 Å². The van der Waals surface area contributed by atoms with Crippen LogP contribution in [0.25, 0.3) is 0 Å². The van der Waals surface area contributed by atoms with E-state index in [2.05, 4.69) is 5.32 Å². The number of methoxy groups -OCH3 is 1. The average molecular weight is 324 g/mol. The van der Waals surface area contributed by atoms with E-state index in [0.717, 1.165) is 35.7 Å². The van der Waals surface area contributed by atoms with E-state index < -0.39 is 0 Å². The Morgan fingerprint density at radius 3 is 3.00 bits per heavy atom. The van der Waals surface area contributed by atoms with Gasteiger partial charge < -0.3 is 19.7 Å². The summed E-state index contributed by atoms with van der Waals surface area (Å²) in [6, 6.07) is 5.95. The number of thioether (sulfide) groups is 1. The van der Waals surface area contributed by atoms with Crippen LogP contribution in [0, 0.1) is 0 Å². The monoisotopic (exact) mass is 324 g/mol. The van der Waals surface area contributed by atoms with Gasteiger partial charge in [-0.1, -0.05) is 6.07 Å². The van der Waals surface area contributed by atoms with Crippen molar-refractivity contribution in [3.63, 3.8) is 0 Å². The van der Waals surface area contributed by atoms with Crippen molar-refractivity contribution < 1.29 is 14.3 Å². The molecule has 0 spiro atoms. The highest BCUT2D eigenvalue weighted by atomic mass is 32.2. The van der Waals surface area contributed by atoms with E-state index in [4.69, 9.17) is 9.47 Å². The van der Waals surface area contributed by atoms with Gasteiger partial charge >= 0.3 is 6.03 Å². The van der Waals surface area contributed by atoms with Crippen LogP contribution in [0.3, 0.4) is 0 Å². The molecule has 1 saturated heterocycles. The van der Waals surface area contributed by atoms with E-state index in [0.29, 0.717) is 13.1 Å². The number of nitrogens with zero attached hydrogens (tertiary/aromatic N) is 1. The number of benzene rings is 1. The largest absolute Gasteiger partial charge is 0.496 e. The molecule has 1 aromatic carbocycles. The summed E-state index contributed by atoms with van der Waals surface area (Å²) in [5.41, 5.74) is 1.05. The van der Waals surface area contributed by atoms with Gasteiger partial charge in [-0.3, -0.25) is 0 Å². The summed E-state index contributed by atoms with van der Waals surface area (Å²) in [6.07, 6.45) is 4.29. The molecule has 6 heteroatoms. The van der Waals surface area contributed by atoms with Gasteiger partial charge in [0.1, 0.15) is 5.75 Å². The van der Waals surface area contributed by atoms with Gasteiger partial charge in [-0.2, -0.15) is 0 Å². The third-order valence-electron chi connectivity index (χ3n) is 3.72. The quantitative estimate of drug-likeness (QED) is 0.818. The molecular formula is C16H24N2O3S. The molecule has 122 valence electrons. The molecule has 0 radical (unpaired) electrons. The zero-order valence-electron chi connectivity index (χ0n) is 13.4. The zero-order valence-corrected chi connectivity index (χ0v) is 14.2. The molecule has 2 rings (SSSR count). The predicted octanol–water partition coefficient (Wildman–Crippen LogP) is 2.74. The van der Waals surface area contributed by atoms with Crippen LogP contribution in [-0.4, -0.2) is 50.6 Å². The molecule has 22 heavy (non-hydrogen) atoms. The fourth-order valence-corrected chi connectivity index (χ4v) is 3.01. The second-order valence-electron chi connectivity index (χ2n) is 5.37. The first kappa shape index (κ1) is 17.0. The maximum atomic E-state index is 12.1. The standard InChI is InChI=1S/C16H24N2O3S/c1-18(16(19)17-10-13-5-4-8-21-13)11-12-6-7-15(22-3)14(9-12)20-2/h6-7,9,13H,4-5,8,10-11H2,1-3H3,(H,17,19)/t13-/m0/s1. The molecule has 5 nitrogen and oxygen atoms in total. The van der Waals surface area contributed by atoms with Crippen molar-refractivity contribution in [1.82, 2.24) is 10.2 Å². The van der Waals surface area contributed by atoms with Crippen LogP contribution in [-0.2, 0) is 11.3 Å². The van der Waals surface area contributed by atoms with Crippen LogP contribution in [0.2, 0.25) is 0 Å². The third-order valence-corrected chi connectivity index (χ3v) is 4.50. The molecule has 2 amide bonds. The highest BCUT2D eigenvalue weighted by molar-refractivity contribution is 7.98. The van der Waals surface area contributed by atoms with Gasteiger partial charge in [0, 0.05) is 31.6 Å². The van der Waals surface area contributed by atoms with E-state index in [1.54, 1.807) is 30.8 Å². The molecule has 0 saturated carbocycles.